The van der Waals surface area contributed by atoms with Gasteiger partial charge in [0.25, 0.3) is 0 Å². The first-order chi connectivity index (χ1) is 7.20. The zero-order chi connectivity index (χ0) is 10.8. The molecular formula is C10H11BrClNO2. The molecule has 1 saturated carbocycles. The number of hydrogen-bond acceptors (Lipinski definition) is 3. The number of nitrogens with zero attached hydrogens (tertiary/aromatic N) is 1. The highest BCUT2D eigenvalue weighted by molar-refractivity contribution is 9.10. The molecule has 0 aromatic carbocycles. The van der Waals surface area contributed by atoms with Crippen molar-refractivity contribution in [2.24, 2.45) is 0 Å². The van der Waals surface area contributed by atoms with Crippen molar-refractivity contribution in [2.45, 2.75) is 24.0 Å². The zero-order valence-electron chi connectivity index (χ0n) is 8.19. The zero-order valence-corrected chi connectivity index (χ0v) is 10.5. The van der Waals surface area contributed by atoms with Crippen molar-refractivity contribution in [1.29, 1.82) is 0 Å². The van der Waals surface area contributed by atoms with Crippen molar-refractivity contribution in [1.82, 2.24) is 4.98 Å². The maximum atomic E-state index is 5.98. The van der Waals surface area contributed by atoms with Gasteiger partial charge in [0.15, 0.2) is 0 Å². The number of alkyl halides is 1. The Morgan fingerprint density at radius 3 is 2.93 bits per heavy atom. The average molecular weight is 293 g/mol. The Kier molecular flexibility index (Phi) is 3.49. The Labute approximate surface area is 102 Å². The summed E-state index contributed by atoms with van der Waals surface area (Å²) in [6, 6.07) is 1.88. The van der Waals surface area contributed by atoms with Gasteiger partial charge < -0.3 is 9.47 Å². The molecule has 3 atom stereocenters. The molecule has 1 aromatic heterocycles. The fraction of sp³-hybridized carbons (Fsp3) is 0.500. The lowest BCUT2D eigenvalue weighted by atomic mass is 9.91. The third-order valence-corrected chi connectivity index (χ3v) is 3.28. The van der Waals surface area contributed by atoms with Crippen LogP contribution in [0.25, 0.3) is 0 Å². The summed E-state index contributed by atoms with van der Waals surface area (Å²) in [5.74, 6) is 0.736. The number of halogens is 2. The van der Waals surface area contributed by atoms with E-state index in [0.717, 1.165) is 16.6 Å². The van der Waals surface area contributed by atoms with Gasteiger partial charge in [0, 0.05) is 24.2 Å². The van der Waals surface area contributed by atoms with Gasteiger partial charge >= 0.3 is 0 Å². The molecule has 1 aromatic rings. The van der Waals surface area contributed by atoms with Gasteiger partial charge in [-0.05, 0) is 22.0 Å². The molecule has 15 heavy (non-hydrogen) atoms. The van der Waals surface area contributed by atoms with E-state index >= 15 is 0 Å². The highest BCUT2D eigenvalue weighted by Gasteiger charge is 2.42. The molecule has 0 N–H and O–H groups in total. The summed E-state index contributed by atoms with van der Waals surface area (Å²) in [6.45, 7) is 0. The first-order valence-electron chi connectivity index (χ1n) is 4.65. The molecule has 2 rings (SSSR count). The Bertz CT molecular complexity index is 350. The number of ether oxygens (including phenoxy) is 2. The van der Waals surface area contributed by atoms with Crippen LogP contribution < -0.4 is 4.74 Å². The Morgan fingerprint density at radius 1 is 1.53 bits per heavy atom. The van der Waals surface area contributed by atoms with E-state index in [4.69, 9.17) is 21.1 Å². The van der Waals surface area contributed by atoms with Crippen LogP contribution >= 0.6 is 27.5 Å². The van der Waals surface area contributed by atoms with Crippen molar-refractivity contribution >= 4 is 27.5 Å². The normalized spacial score (nSPS) is 29.7. The summed E-state index contributed by atoms with van der Waals surface area (Å²) >= 11 is 9.31. The second kappa shape index (κ2) is 4.68. The maximum Gasteiger partial charge on any atom is 0.139 e. The Hall–Kier alpha value is -0.320. The van der Waals surface area contributed by atoms with Crippen LogP contribution in [-0.4, -0.2) is 29.7 Å². The van der Waals surface area contributed by atoms with Crippen LogP contribution in [0.1, 0.15) is 6.42 Å². The van der Waals surface area contributed by atoms with Crippen molar-refractivity contribution in [3.05, 3.63) is 22.9 Å². The molecule has 0 amide bonds. The number of hydrogen-bond donors (Lipinski definition) is 0. The molecular weight excluding hydrogens is 281 g/mol. The van der Waals surface area contributed by atoms with Crippen LogP contribution in [0.5, 0.6) is 5.75 Å². The van der Waals surface area contributed by atoms with Crippen LogP contribution in [-0.2, 0) is 4.74 Å². The molecule has 3 nitrogen and oxygen atoms in total. The van der Waals surface area contributed by atoms with E-state index in [1.165, 1.54) is 0 Å². The van der Waals surface area contributed by atoms with Crippen LogP contribution in [0.4, 0.5) is 0 Å². The van der Waals surface area contributed by atoms with Gasteiger partial charge in [-0.3, -0.25) is 4.98 Å². The minimum atomic E-state index is -0.0225. The number of methoxy groups -OCH3 is 1. The van der Waals surface area contributed by atoms with E-state index in [2.05, 4.69) is 20.9 Å². The topological polar surface area (TPSA) is 31.4 Å². The quantitative estimate of drug-likeness (QED) is 0.803. The SMILES string of the molecule is COC1C(Cl)CC1Oc1cncc(Br)c1. The highest BCUT2D eigenvalue weighted by Crippen LogP contribution is 2.32. The van der Waals surface area contributed by atoms with Crippen molar-refractivity contribution in [3.8, 4) is 5.75 Å². The van der Waals surface area contributed by atoms with Crippen molar-refractivity contribution < 1.29 is 9.47 Å². The Morgan fingerprint density at radius 2 is 2.33 bits per heavy atom. The molecule has 3 unspecified atom stereocenters. The fourth-order valence-electron chi connectivity index (χ4n) is 1.57. The average Bonchev–Trinajstić information content (AvgIpc) is 2.17. The minimum Gasteiger partial charge on any atom is -0.486 e. The van der Waals surface area contributed by atoms with E-state index < -0.39 is 0 Å². The van der Waals surface area contributed by atoms with E-state index in [1.54, 1.807) is 19.5 Å². The van der Waals surface area contributed by atoms with Gasteiger partial charge in [-0.2, -0.15) is 0 Å². The molecule has 0 aliphatic heterocycles. The molecule has 0 saturated heterocycles. The van der Waals surface area contributed by atoms with Gasteiger partial charge in [-0.25, -0.2) is 0 Å². The lowest BCUT2D eigenvalue weighted by Crippen LogP contribution is -2.52. The second-order valence-electron chi connectivity index (χ2n) is 3.45. The monoisotopic (exact) mass is 291 g/mol. The maximum absolute atomic E-state index is 5.98. The highest BCUT2D eigenvalue weighted by atomic mass is 79.9. The molecule has 0 radical (unpaired) electrons. The summed E-state index contributed by atoms with van der Waals surface area (Å²) in [4.78, 5) is 4.02. The summed E-state index contributed by atoms with van der Waals surface area (Å²) < 4.78 is 11.8. The second-order valence-corrected chi connectivity index (χ2v) is 4.92. The third kappa shape index (κ3) is 2.44. The number of aromatic nitrogens is 1. The van der Waals surface area contributed by atoms with Crippen LogP contribution in [0, 0.1) is 0 Å². The predicted molar refractivity (Wildman–Crippen MR) is 61.4 cm³/mol. The van der Waals surface area contributed by atoms with Crippen LogP contribution in [0.3, 0.4) is 0 Å². The molecule has 1 heterocycles. The first kappa shape index (κ1) is 11.2. The van der Waals surface area contributed by atoms with Gasteiger partial charge in [-0.1, -0.05) is 0 Å². The smallest absolute Gasteiger partial charge is 0.139 e. The minimum absolute atomic E-state index is 0.0225. The van der Waals surface area contributed by atoms with E-state index in [1.807, 2.05) is 6.07 Å². The molecule has 5 heteroatoms. The molecule has 0 spiro atoms. The largest absolute Gasteiger partial charge is 0.486 e. The van der Waals surface area contributed by atoms with Crippen LogP contribution in [0.15, 0.2) is 22.9 Å². The third-order valence-electron chi connectivity index (χ3n) is 2.42. The van der Waals surface area contributed by atoms with Gasteiger partial charge in [0.2, 0.25) is 0 Å². The standard InChI is InChI=1S/C10H11BrClNO2/c1-14-10-8(12)3-9(10)15-7-2-6(11)4-13-5-7/h2,4-5,8-10H,3H2,1H3. The Balaban J connectivity index is 1.98. The van der Waals surface area contributed by atoms with Crippen molar-refractivity contribution in [2.75, 3.05) is 7.11 Å². The molecule has 1 aliphatic rings. The lowest BCUT2D eigenvalue weighted by molar-refractivity contribution is -0.0585. The molecule has 1 aliphatic carbocycles. The summed E-state index contributed by atoms with van der Waals surface area (Å²) in [7, 11) is 1.65. The van der Waals surface area contributed by atoms with Gasteiger partial charge in [-0.15, -0.1) is 11.6 Å². The molecule has 1 fully saturated rings. The summed E-state index contributed by atoms with van der Waals surface area (Å²) in [6.07, 6.45) is 4.22. The molecule has 0 bridgehead atoms. The number of rotatable bonds is 3. The summed E-state index contributed by atoms with van der Waals surface area (Å²) in [5.41, 5.74) is 0. The van der Waals surface area contributed by atoms with E-state index in [-0.39, 0.29) is 17.6 Å². The first-order valence-corrected chi connectivity index (χ1v) is 5.87. The predicted octanol–water partition coefficient (Wildman–Crippen LogP) is 2.62. The summed E-state index contributed by atoms with van der Waals surface area (Å²) in [5, 5.41) is 0.0557. The van der Waals surface area contributed by atoms with E-state index in [0.29, 0.717) is 0 Å². The molecule has 82 valence electrons. The lowest BCUT2D eigenvalue weighted by Gasteiger charge is -2.39. The van der Waals surface area contributed by atoms with Crippen molar-refractivity contribution in [3.63, 3.8) is 0 Å². The van der Waals surface area contributed by atoms with E-state index in [9.17, 15) is 0 Å². The number of pyridine rings is 1. The van der Waals surface area contributed by atoms with Gasteiger partial charge in [0.05, 0.1) is 11.6 Å². The van der Waals surface area contributed by atoms with Crippen LogP contribution in [0.2, 0.25) is 0 Å². The van der Waals surface area contributed by atoms with Gasteiger partial charge in [0.1, 0.15) is 18.0 Å². The fourth-order valence-corrected chi connectivity index (χ4v) is 2.36.